The Morgan fingerprint density at radius 1 is 1.00 bits per heavy atom. The SMILES string of the molecule is CC[C@H]1OC(=O)[C@H](C)[C@@H](O[C@H]2C[C@@](C)(OC)[C@@H](O)[C@H](C)O2)[C@H](C)/C(O[C@@H]2O[C@H](C)C[C@H](N(C)CCc3cn([C@H](CF)[C@H](OC)c4ccc(-c5cnc(N)nc5)cc4)nn3)[C@H]2O)=C2\C[C@@H](CO2)C2=NCCN3C(=O)O[C@@]1(C)[C@H]3[C@H]2C. The highest BCUT2D eigenvalue weighted by atomic mass is 19.1. The zero-order valence-corrected chi connectivity index (χ0v) is 47.3. The fourth-order valence-electron chi connectivity index (χ4n) is 12.9. The number of anilines is 1. The molecule has 79 heavy (non-hydrogen) atoms. The third kappa shape index (κ3) is 11.6. The van der Waals surface area contributed by atoms with Gasteiger partial charge in [0, 0.05) is 100 Å². The minimum absolute atomic E-state index is 0.125. The van der Waals surface area contributed by atoms with Gasteiger partial charge < -0.3 is 63.5 Å². The number of hydrogen-bond acceptors (Lipinski definition) is 20. The highest BCUT2D eigenvalue weighted by Crippen LogP contribution is 2.46. The fourth-order valence-corrected chi connectivity index (χ4v) is 12.9. The summed E-state index contributed by atoms with van der Waals surface area (Å²) in [5.41, 5.74) is 7.29. The van der Waals surface area contributed by atoms with Crippen molar-refractivity contribution in [2.75, 3.05) is 59.9 Å². The number of cyclic esters (lactones) is 1. The molecule has 3 aromatic rings. The molecule has 434 valence electrons. The quantitative estimate of drug-likeness (QED) is 0.152. The molecule has 9 rings (SSSR count). The molecule has 6 aliphatic heterocycles. The number of carbonyl (C=O) groups is 2. The van der Waals surface area contributed by atoms with Crippen LogP contribution in [-0.2, 0) is 53.8 Å². The Kier molecular flexibility index (Phi) is 17.7. The molecule has 0 spiro atoms. The second-order valence-corrected chi connectivity index (χ2v) is 22.7. The molecule has 23 heteroatoms. The number of fused-ring (bicyclic) bond motifs is 4. The standard InChI is InChI=1S/C56H80FN9O13/c1-12-42-56(8)49-30(3)44(59-18-20-65(49)54(70)79-56)36-22-41(73-28-36)47(31(4)46(32(5)51(69)76-42)77-43-23-55(7,72-11)50(68)33(6)75-43)78-52-45(67)39(21-29(2)74-52)64(9)19-17-38-27-66(63-62-38)40(24-57)48(71-10)35-15-13-34(14-16-35)37-25-60-53(58)61-26-37/h13-16,25-27,29-33,36,39-40,42-43,45-46,48-50,52,67-68H,12,17-24,28H2,1-11H3,(H2,58,60,61)/b47-41-/t29-,30+,31+,32-,33+,36+,39+,40-,42-,43+,45-,46+,48-,49-,50+,52+,55-,56-/m1/s1. The molecule has 4 saturated heterocycles. The Morgan fingerprint density at radius 2 is 1.73 bits per heavy atom. The maximum atomic E-state index is 15.0. The van der Waals surface area contributed by atoms with E-state index >= 15 is 0 Å². The molecular formula is C56H80FN9O13. The summed E-state index contributed by atoms with van der Waals surface area (Å²) in [5, 5.41) is 32.3. The van der Waals surface area contributed by atoms with E-state index in [0.717, 1.165) is 22.4 Å². The van der Waals surface area contributed by atoms with E-state index < -0.39 is 109 Å². The summed E-state index contributed by atoms with van der Waals surface area (Å²) in [5.74, 6) is -1.88. The molecule has 1 aromatic carbocycles. The maximum Gasteiger partial charge on any atom is 0.410 e. The van der Waals surface area contributed by atoms with E-state index in [2.05, 4.69) is 20.3 Å². The summed E-state index contributed by atoms with van der Waals surface area (Å²) in [6.45, 7) is 15.4. The largest absolute Gasteiger partial charge is 0.494 e. The average molecular weight is 1110 g/mol. The van der Waals surface area contributed by atoms with Gasteiger partial charge in [-0.1, -0.05) is 50.3 Å². The van der Waals surface area contributed by atoms with Gasteiger partial charge in [-0.25, -0.2) is 23.8 Å². The first-order chi connectivity index (χ1) is 37.7. The van der Waals surface area contributed by atoms with Crippen LogP contribution in [0.3, 0.4) is 0 Å². The zero-order chi connectivity index (χ0) is 56.7. The van der Waals surface area contributed by atoms with Gasteiger partial charge >= 0.3 is 12.1 Å². The molecule has 0 aliphatic carbocycles. The van der Waals surface area contributed by atoms with Gasteiger partial charge in [0.25, 0.3) is 0 Å². The van der Waals surface area contributed by atoms with Crippen LogP contribution in [0.25, 0.3) is 11.1 Å². The van der Waals surface area contributed by atoms with Gasteiger partial charge in [-0.3, -0.25) is 14.7 Å². The molecule has 1 amide bonds. The van der Waals surface area contributed by atoms with E-state index in [4.69, 9.17) is 53.4 Å². The van der Waals surface area contributed by atoms with Crippen LogP contribution in [0.1, 0.15) is 104 Å². The number of halogens is 1. The zero-order valence-electron chi connectivity index (χ0n) is 47.3. The number of nitrogen functional groups attached to an aromatic ring is 1. The molecule has 18 atom stereocenters. The lowest BCUT2D eigenvalue weighted by molar-refractivity contribution is -0.296. The Balaban J connectivity index is 0.969. The summed E-state index contributed by atoms with van der Waals surface area (Å²) in [7, 11) is 4.97. The molecule has 4 N–H and O–H groups in total. The van der Waals surface area contributed by atoms with Crippen molar-refractivity contribution in [3.8, 4) is 11.1 Å². The van der Waals surface area contributed by atoms with Crippen LogP contribution in [0.15, 0.2) is 59.4 Å². The van der Waals surface area contributed by atoms with Crippen molar-refractivity contribution in [1.82, 2.24) is 34.8 Å². The maximum absolute atomic E-state index is 15.0. The Labute approximate surface area is 461 Å². The van der Waals surface area contributed by atoms with Crippen molar-refractivity contribution >= 4 is 23.7 Å². The smallest absolute Gasteiger partial charge is 0.410 e. The van der Waals surface area contributed by atoms with Crippen molar-refractivity contribution in [2.24, 2.45) is 28.7 Å². The molecule has 4 fully saturated rings. The van der Waals surface area contributed by atoms with Crippen molar-refractivity contribution in [1.29, 1.82) is 0 Å². The number of amides is 1. The van der Waals surface area contributed by atoms with Crippen LogP contribution in [0.4, 0.5) is 15.1 Å². The molecule has 0 unspecified atom stereocenters. The number of likely N-dealkylation sites (N-methyl/N-ethyl adjacent to an activating group) is 1. The first kappa shape index (κ1) is 58.3. The number of allylic oxidation sites excluding steroid dienone is 1. The minimum atomic E-state index is -1.21. The van der Waals surface area contributed by atoms with Crippen LogP contribution in [-0.4, -0.2) is 189 Å². The third-order valence-corrected chi connectivity index (χ3v) is 17.5. The monoisotopic (exact) mass is 1110 g/mol. The number of aliphatic hydroxyl groups is 2. The number of nitrogens with zero attached hydrogens (tertiary/aromatic N) is 8. The number of alkyl halides is 1. The fraction of sp³-hybridized carbons (Fsp3) is 0.696. The van der Waals surface area contributed by atoms with E-state index in [-0.39, 0.29) is 36.9 Å². The van der Waals surface area contributed by atoms with Gasteiger partial charge in [0.2, 0.25) is 12.2 Å². The number of aliphatic imine (C=N–C) groups is 1. The van der Waals surface area contributed by atoms with Crippen LogP contribution < -0.4 is 5.73 Å². The van der Waals surface area contributed by atoms with E-state index in [0.29, 0.717) is 62.5 Å². The lowest BCUT2D eigenvalue weighted by Crippen LogP contribution is -2.58. The van der Waals surface area contributed by atoms with Gasteiger partial charge in [-0.2, -0.15) is 0 Å². The molecule has 8 heterocycles. The van der Waals surface area contributed by atoms with Crippen molar-refractivity contribution in [2.45, 2.75) is 172 Å². The van der Waals surface area contributed by atoms with Gasteiger partial charge in [0.1, 0.15) is 48.7 Å². The molecule has 2 aromatic heterocycles. The number of methoxy groups -OCH3 is 2. The van der Waals surface area contributed by atoms with Crippen LogP contribution >= 0.6 is 0 Å². The number of carbonyl (C=O) groups excluding carboxylic acids is 2. The summed E-state index contributed by atoms with van der Waals surface area (Å²) in [4.78, 5) is 45.5. The molecule has 4 bridgehead atoms. The molecule has 0 saturated carbocycles. The van der Waals surface area contributed by atoms with Gasteiger partial charge in [0.15, 0.2) is 11.9 Å². The van der Waals surface area contributed by atoms with E-state index in [1.165, 1.54) is 18.9 Å². The van der Waals surface area contributed by atoms with E-state index in [1.807, 2.05) is 70.8 Å². The number of ether oxygens (including phenoxy) is 9. The predicted molar refractivity (Wildman–Crippen MR) is 285 cm³/mol. The number of aromatic nitrogens is 5. The third-order valence-electron chi connectivity index (χ3n) is 17.5. The number of hydrogen-bond donors (Lipinski definition) is 3. The highest BCUT2D eigenvalue weighted by Gasteiger charge is 2.60. The highest BCUT2D eigenvalue weighted by molar-refractivity contribution is 5.91. The summed E-state index contributed by atoms with van der Waals surface area (Å²) >= 11 is 0. The Morgan fingerprint density at radius 3 is 2.42 bits per heavy atom. The number of rotatable bonds is 16. The number of esters is 1. The van der Waals surface area contributed by atoms with Gasteiger partial charge in [-0.15, -0.1) is 5.10 Å². The van der Waals surface area contributed by atoms with E-state index in [1.54, 1.807) is 44.3 Å². The van der Waals surface area contributed by atoms with Gasteiger partial charge in [0.05, 0.1) is 54.7 Å². The average Bonchev–Trinajstić information content (AvgIpc) is 4.36. The topological polar surface area (TPSA) is 259 Å². The normalized spacial score (nSPS) is 36.8. The molecular weight excluding hydrogens is 1030 g/mol. The minimum Gasteiger partial charge on any atom is -0.494 e. The lowest BCUT2D eigenvalue weighted by atomic mass is 9.76. The Bertz CT molecular complexity index is 2670. The predicted octanol–water partition coefficient (Wildman–Crippen LogP) is 5.38. The summed E-state index contributed by atoms with van der Waals surface area (Å²) in [6.07, 6.45) is -1.67. The lowest BCUT2D eigenvalue weighted by Gasteiger charge is -2.46. The molecule has 0 radical (unpaired) electrons. The van der Waals surface area contributed by atoms with Crippen LogP contribution in [0.2, 0.25) is 0 Å². The van der Waals surface area contributed by atoms with Crippen LogP contribution in [0.5, 0.6) is 0 Å². The first-order valence-electron chi connectivity index (χ1n) is 27.7. The van der Waals surface area contributed by atoms with Crippen molar-refractivity contribution < 1.29 is 66.8 Å². The summed E-state index contributed by atoms with van der Waals surface area (Å²) < 4.78 is 74.3. The number of benzene rings is 1. The number of aliphatic hydroxyl groups excluding tert-OH is 2. The second-order valence-electron chi connectivity index (χ2n) is 22.7. The van der Waals surface area contributed by atoms with Crippen LogP contribution in [0, 0.1) is 23.7 Å². The molecule has 22 nitrogen and oxygen atoms in total. The van der Waals surface area contributed by atoms with E-state index in [9.17, 15) is 24.2 Å². The first-order valence-corrected chi connectivity index (χ1v) is 27.7. The number of nitrogens with two attached hydrogens (primary N) is 1. The second kappa shape index (κ2) is 24.0. The Hall–Kier alpha value is -5.40. The van der Waals surface area contributed by atoms with Crippen molar-refractivity contribution in [3.63, 3.8) is 0 Å². The van der Waals surface area contributed by atoms with Crippen molar-refractivity contribution in [3.05, 3.63) is 65.6 Å². The van der Waals surface area contributed by atoms with Gasteiger partial charge in [-0.05, 0) is 65.6 Å². The summed E-state index contributed by atoms with van der Waals surface area (Å²) in [6, 6.07) is 5.75. The molecule has 6 aliphatic rings.